The minimum absolute atomic E-state index is 0.0324. The Morgan fingerprint density at radius 3 is 2.55 bits per heavy atom. The molecule has 0 saturated carbocycles. The van der Waals surface area contributed by atoms with Crippen molar-refractivity contribution >= 4 is 11.8 Å². The predicted molar refractivity (Wildman–Crippen MR) is 73.5 cm³/mol. The van der Waals surface area contributed by atoms with Gasteiger partial charge in [0.25, 0.3) is 0 Å². The predicted octanol–water partition coefficient (Wildman–Crippen LogP) is 1.45. The molecule has 1 aromatic carbocycles. The molecule has 1 aliphatic heterocycles. The molecule has 0 aliphatic carbocycles. The van der Waals surface area contributed by atoms with Crippen molar-refractivity contribution in [2.24, 2.45) is 0 Å². The zero-order valence-electron chi connectivity index (χ0n) is 11.8. The van der Waals surface area contributed by atoms with E-state index in [1.165, 1.54) is 17.0 Å². The van der Waals surface area contributed by atoms with Crippen LogP contribution in [0, 0.1) is 5.82 Å². The van der Waals surface area contributed by atoms with Crippen LogP contribution in [0.1, 0.15) is 18.4 Å². The normalized spacial score (nSPS) is 18.1. The van der Waals surface area contributed by atoms with Crippen molar-refractivity contribution in [3.8, 4) is 0 Å². The van der Waals surface area contributed by atoms with Crippen molar-refractivity contribution in [3.05, 3.63) is 35.6 Å². The van der Waals surface area contributed by atoms with E-state index < -0.39 is 0 Å². The number of halogens is 1. The topological polar surface area (TPSA) is 40.6 Å². The summed E-state index contributed by atoms with van der Waals surface area (Å²) in [6.45, 7) is 0.615. The first kappa shape index (κ1) is 14.5. The molecule has 0 N–H and O–H groups in total. The van der Waals surface area contributed by atoms with Gasteiger partial charge >= 0.3 is 0 Å². The molecule has 5 heteroatoms. The van der Waals surface area contributed by atoms with Crippen molar-refractivity contribution in [3.63, 3.8) is 0 Å². The van der Waals surface area contributed by atoms with E-state index in [2.05, 4.69) is 0 Å². The van der Waals surface area contributed by atoms with Gasteiger partial charge in [-0.1, -0.05) is 12.1 Å². The average Bonchev–Trinajstić information content (AvgIpc) is 2.89. The summed E-state index contributed by atoms with van der Waals surface area (Å²) in [6.07, 6.45) is 1.77. The number of likely N-dealkylation sites (tertiary alicyclic amines) is 1. The Bertz CT molecular complexity index is 499. The van der Waals surface area contributed by atoms with Crippen LogP contribution in [0.5, 0.6) is 0 Å². The lowest BCUT2D eigenvalue weighted by molar-refractivity contribution is -0.141. The van der Waals surface area contributed by atoms with Gasteiger partial charge in [0.05, 0.1) is 6.42 Å². The molecule has 1 heterocycles. The minimum Gasteiger partial charge on any atom is -0.347 e. The van der Waals surface area contributed by atoms with Crippen molar-refractivity contribution in [2.45, 2.75) is 25.3 Å². The monoisotopic (exact) mass is 278 g/mol. The first-order valence-corrected chi connectivity index (χ1v) is 6.74. The third-order valence-corrected chi connectivity index (χ3v) is 3.57. The Morgan fingerprint density at radius 2 is 1.95 bits per heavy atom. The highest BCUT2D eigenvalue weighted by atomic mass is 19.1. The van der Waals surface area contributed by atoms with Crippen LogP contribution in [0.2, 0.25) is 0 Å². The van der Waals surface area contributed by atoms with E-state index >= 15 is 0 Å². The maximum Gasteiger partial charge on any atom is 0.244 e. The molecule has 0 bridgehead atoms. The highest BCUT2D eigenvalue weighted by Crippen LogP contribution is 2.20. The number of carbonyl (C=O) groups is 2. The van der Waals surface area contributed by atoms with Crippen LogP contribution >= 0.6 is 0 Å². The van der Waals surface area contributed by atoms with Gasteiger partial charge in [-0.25, -0.2) is 4.39 Å². The molecule has 4 nitrogen and oxygen atoms in total. The Labute approximate surface area is 118 Å². The van der Waals surface area contributed by atoms with Gasteiger partial charge in [0.15, 0.2) is 0 Å². The maximum atomic E-state index is 12.8. The number of hydrogen-bond donors (Lipinski definition) is 0. The zero-order chi connectivity index (χ0) is 14.7. The lowest BCUT2D eigenvalue weighted by Crippen LogP contribution is -2.45. The van der Waals surface area contributed by atoms with E-state index in [0.29, 0.717) is 13.0 Å². The Kier molecular flexibility index (Phi) is 4.37. The molecule has 20 heavy (non-hydrogen) atoms. The number of nitrogens with zero attached hydrogens (tertiary/aromatic N) is 2. The summed E-state index contributed by atoms with van der Waals surface area (Å²) >= 11 is 0. The number of hydrogen-bond acceptors (Lipinski definition) is 2. The van der Waals surface area contributed by atoms with Gasteiger partial charge in [0.1, 0.15) is 11.9 Å². The first-order valence-electron chi connectivity index (χ1n) is 6.74. The van der Waals surface area contributed by atoms with E-state index in [-0.39, 0.29) is 30.1 Å². The molecule has 108 valence electrons. The molecular formula is C15H19FN2O2. The summed E-state index contributed by atoms with van der Waals surface area (Å²) in [4.78, 5) is 27.5. The summed E-state index contributed by atoms with van der Waals surface area (Å²) in [7, 11) is 3.40. The van der Waals surface area contributed by atoms with Crippen molar-refractivity contribution in [1.82, 2.24) is 9.80 Å². The van der Waals surface area contributed by atoms with E-state index in [4.69, 9.17) is 0 Å². The second-order valence-electron chi connectivity index (χ2n) is 5.28. The SMILES string of the molecule is CN(C)C(=O)C1CCCN1C(=O)Cc1ccc(F)cc1. The third kappa shape index (κ3) is 3.15. The largest absolute Gasteiger partial charge is 0.347 e. The fourth-order valence-corrected chi connectivity index (χ4v) is 2.50. The number of carbonyl (C=O) groups excluding carboxylic acids is 2. The fourth-order valence-electron chi connectivity index (χ4n) is 2.50. The smallest absolute Gasteiger partial charge is 0.244 e. The van der Waals surface area contributed by atoms with Crippen molar-refractivity contribution < 1.29 is 14.0 Å². The lowest BCUT2D eigenvalue weighted by atomic mass is 10.1. The van der Waals surface area contributed by atoms with E-state index in [9.17, 15) is 14.0 Å². The highest BCUT2D eigenvalue weighted by molar-refractivity contribution is 5.88. The minimum atomic E-state index is -0.349. The summed E-state index contributed by atoms with van der Waals surface area (Å²) in [5, 5.41) is 0. The molecule has 1 aliphatic rings. The van der Waals surface area contributed by atoms with Gasteiger partial charge in [-0.15, -0.1) is 0 Å². The van der Waals surface area contributed by atoms with Crippen LogP contribution in [0.3, 0.4) is 0 Å². The zero-order valence-corrected chi connectivity index (χ0v) is 11.8. The van der Waals surface area contributed by atoms with Crippen LogP contribution in [-0.4, -0.2) is 48.3 Å². The number of rotatable bonds is 3. The fraction of sp³-hybridized carbons (Fsp3) is 0.467. The number of benzene rings is 1. The summed E-state index contributed by atoms with van der Waals surface area (Å²) < 4.78 is 12.8. The molecule has 1 unspecified atom stereocenters. The molecular weight excluding hydrogens is 259 g/mol. The van der Waals surface area contributed by atoms with Gasteiger partial charge in [0, 0.05) is 20.6 Å². The highest BCUT2D eigenvalue weighted by Gasteiger charge is 2.34. The van der Waals surface area contributed by atoms with Crippen LogP contribution in [0.25, 0.3) is 0 Å². The molecule has 1 atom stereocenters. The first-order chi connectivity index (χ1) is 9.49. The summed E-state index contributed by atoms with van der Waals surface area (Å²) in [6, 6.07) is 5.54. The van der Waals surface area contributed by atoms with Crippen LogP contribution in [0.4, 0.5) is 4.39 Å². The van der Waals surface area contributed by atoms with Gasteiger partial charge in [-0.3, -0.25) is 9.59 Å². The standard InChI is InChI=1S/C15H19FN2O2/c1-17(2)15(20)13-4-3-9-18(13)14(19)10-11-5-7-12(16)8-6-11/h5-8,13H,3-4,9-10H2,1-2H3. The Morgan fingerprint density at radius 1 is 1.30 bits per heavy atom. The molecule has 2 rings (SSSR count). The van der Waals surface area contributed by atoms with Crippen LogP contribution in [0.15, 0.2) is 24.3 Å². The lowest BCUT2D eigenvalue weighted by Gasteiger charge is -2.26. The van der Waals surface area contributed by atoms with E-state index in [1.807, 2.05) is 0 Å². The van der Waals surface area contributed by atoms with Gasteiger partial charge < -0.3 is 9.80 Å². The van der Waals surface area contributed by atoms with E-state index in [0.717, 1.165) is 12.0 Å². The van der Waals surface area contributed by atoms with Crippen molar-refractivity contribution in [2.75, 3.05) is 20.6 Å². The Hall–Kier alpha value is -1.91. The van der Waals surface area contributed by atoms with Crippen LogP contribution < -0.4 is 0 Å². The molecule has 0 radical (unpaired) electrons. The average molecular weight is 278 g/mol. The molecule has 0 spiro atoms. The second kappa shape index (κ2) is 6.03. The Balaban J connectivity index is 2.04. The molecule has 0 aromatic heterocycles. The van der Waals surface area contributed by atoms with E-state index in [1.54, 1.807) is 31.1 Å². The molecule has 1 saturated heterocycles. The molecule has 1 aromatic rings. The second-order valence-corrected chi connectivity index (χ2v) is 5.28. The number of likely N-dealkylation sites (N-methyl/N-ethyl adjacent to an activating group) is 1. The van der Waals surface area contributed by atoms with Gasteiger partial charge in [0.2, 0.25) is 11.8 Å². The third-order valence-electron chi connectivity index (χ3n) is 3.57. The van der Waals surface area contributed by atoms with Crippen LogP contribution in [-0.2, 0) is 16.0 Å². The number of amides is 2. The molecule has 2 amide bonds. The summed E-state index contributed by atoms with van der Waals surface area (Å²) in [5.74, 6) is -0.424. The summed E-state index contributed by atoms with van der Waals surface area (Å²) in [5.41, 5.74) is 0.763. The molecule has 1 fully saturated rings. The van der Waals surface area contributed by atoms with Crippen molar-refractivity contribution in [1.29, 1.82) is 0 Å². The van der Waals surface area contributed by atoms with Gasteiger partial charge in [-0.05, 0) is 30.5 Å². The van der Waals surface area contributed by atoms with Gasteiger partial charge in [-0.2, -0.15) is 0 Å². The maximum absolute atomic E-state index is 12.8. The quantitative estimate of drug-likeness (QED) is 0.839.